The molecule has 1 aliphatic carbocycles. The third-order valence-electron chi connectivity index (χ3n) is 6.15. The molecule has 4 atom stereocenters. The van der Waals surface area contributed by atoms with Crippen LogP contribution in [0.25, 0.3) is 0 Å². The lowest BCUT2D eigenvalue weighted by atomic mass is 9.68. The molecule has 2 aliphatic rings. The van der Waals surface area contributed by atoms with Crippen LogP contribution >= 0.6 is 15.9 Å². The second-order valence-corrected chi connectivity index (χ2v) is 8.71. The van der Waals surface area contributed by atoms with Crippen LogP contribution in [0.5, 0.6) is 0 Å². The molecule has 0 saturated carbocycles. The maximum Gasteiger partial charge on any atom is 0.238 e. The van der Waals surface area contributed by atoms with E-state index in [2.05, 4.69) is 28.1 Å². The minimum absolute atomic E-state index is 0.118. The molecule has 1 aliphatic heterocycles. The predicted octanol–water partition coefficient (Wildman–Crippen LogP) is 5.69. The normalized spacial score (nSPS) is 25.4. The fourth-order valence-electron chi connectivity index (χ4n) is 4.78. The van der Waals surface area contributed by atoms with Crippen LogP contribution in [0, 0.1) is 11.8 Å². The average molecular weight is 458 g/mol. The van der Waals surface area contributed by atoms with Gasteiger partial charge in [0.05, 0.1) is 17.5 Å². The van der Waals surface area contributed by atoms with Crippen molar-refractivity contribution in [2.75, 3.05) is 4.90 Å². The van der Waals surface area contributed by atoms with Gasteiger partial charge in [-0.2, -0.15) is 0 Å². The van der Waals surface area contributed by atoms with Crippen LogP contribution < -0.4 is 4.90 Å². The number of fused-ring (bicyclic) bond motifs is 1. The number of carbonyl (C=O) groups is 2. The zero-order valence-corrected chi connectivity index (χ0v) is 17.8. The second kappa shape index (κ2) is 7.69. The first kappa shape index (κ1) is 19.0. The quantitative estimate of drug-likeness (QED) is 0.374. The Labute approximate surface area is 184 Å². The van der Waals surface area contributed by atoms with Crippen LogP contribution in [0.4, 0.5) is 5.69 Å². The third-order valence-corrected chi connectivity index (χ3v) is 6.68. The summed E-state index contributed by atoms with van der Waals surface area (Å²) in [6.45, 7) is 0. The van der Waals surface area contributed by atoms with Crippen molar-refractivity contribution in [1.82, 2.24) is 0 Å². The van der Waals surface area contributed by atoms with E-state index in [0.717, 1.165) is 15.6 Å². The van der Waals surface area contributed by atoms with Crippen LogP contribution in [0.15, 0.2) is 102 Å². The largest absolute Gasteiger partial charge is 0.274 e. The third kappa shape index (κ3) is 3.12. The Bertz CT molecular complexity index is 1040. The molecule has 148 valence electrons. The Morgan fingerprint density at radius 2 is 1.03 bits per heavy atom. The van der Waals surface area contributed by atoms with Gasteiger partial charge in [-0.3, -0.25) is 9.59 Å². The van der Waals surface area contributed by atoms with Crippen molar-refractivity contribution in [2.45, 2.75) is 11.8 Å². The molecule has 3 aromatic carbocycles. The lowest BCUT2D eigenvalue weighted by Crippen LogP contribution is -2.31. The number of allylic oxidation sites excluding steroid dienone is 2. The minimum atomic E-state index is -0.418. The number of imide groups is 1. The number of benzene rings is 3. The first-order chi connectivity index (χ1) is 14.6. The lowest BCUT2D eigenvalue weighted by Gasteiger charge is -2.32. The van der Waals surface area contributed by atoms with Gasteiger partial charge in [0.25, 0.3) is 0 Å². The van der Waals surface area contributed by atoms with E-state index in [9.17, 15) is 9.59 Å². The summed E-state index contributed by atoms with van der Waals surface area (Å²) in [5.41, 5.74) is 2.75. The zero-order valence-electron chi connectivity index (χ0n) is 16.2. The van der Waals surface area contributed by atoms with Crippen molar-refractivity contribution in [3.05, 3.63) is 113 Å². The molecule has 3 aromatic rings. The molecule has 30 heavy (non-hydrogen) atoms. The Hall–Kier alpha value is -2.98. The molecule has 2 amide bonds. The van der Waals surface area contributed by atoms with Gasteiger partial charge in [0.2, 0.25) is 11.8 Å². The number of anilines is 1. The summed E-state index contributed by atoms with van der Waals surface area (Å²) < 4.78 is 0.911. The highest BCUT2D eigenvalue weighted by atomic mass is 79.9. The maximum atomic E-state index is 13.7. The van der Waals surface area contributed by atoms with Crippen molar-refractivity contribution < 1.29 is 9.59 Å². The van der Waals surface area contributed by atoms with Crippen LogP contribution in [-0.4, -0.2) is 11.8 Å². The number of carbonyl (C=O) groups excluding carboxylic acids is 2. The van der Waals surface area contributed by atoms with Crippen molar-refractivity contribution in [3.8, 4) is 0 Å². The Morgan fingerprint density at radius 3 is 1.47 bits per heavy atom. The number of rotatable bonds is 3. The summed E-state index contributed by atoms with van der Waals surface area (Å²) in [4.78, 5) is 28.7. The molecule has 3 nitrogen and oxygen atoms in total. The molecule has 0 bridgehead atoms. The van der Waals surface area contributed by atoms with Gasteiger partial charge in [0.15, 0.2) is 0 Å². The lowest BCUT2D eigenvalue weighted by molar-refractivity contribution is -0.122. The van der Waals surface area contributed by atoms with Crippen molar-refractivity contribution in [1.29, 1.82) is 0 Å². The predicted molar refractivity (Wildman–Crippen MR) is 121 cm³/mol. The summed E-state index contributed by atoms with van der Waals surface area (Å²) in [7, 11) is 0. The smallest absolute Gasteiger partial charge is 0.238 e. The van der Waals surface area contributed by atoms with Gasteiger partial charge in [0, 0.05) is 16.3 Å². The molecule has 0 N–H and O–H groups in total. The van der Waals surface area contributed by atoms with E-state index in [4.69, 9.17) is 0 Å². The van der Waals surface area contributed by atoms with Crippen LogP contribution in [0.2, 0.25) is 0 Å². The average Bonchev–Trinajstić information content (AvgIpc) is 3.06. The molecule has 4 unspecified atom stereocenters. The summed E-state index contributed by atoms with van der Waals surface area (Å²) in [6.07, 6.45) is 4.23. The highest BCUT2D eigenvalue weighted by molar-refractivity contribution is 9.10. The number of halogens is 1. The van der Waals surface area contributed by atoms with E-state index in [0.29, 0.717) is 5.69 Å². The van der Waals surface area contributed by atoms with Crippen molar-refractivity contribution in [3.63, 3.8) is 0 Å². The molecule has 4 heteroatoms. The fourth-order valence-corrected chi connectivity index (χ4v) is 5.04. The molecular weight excluding hydrogens is 438 g/mol. The molecule has 1 saturated heterocycles. The molecule has 0 aromatic heterocycles. The van der Waals surface area contributed by atoms with Gasteiger partial charge in [-0.05, 0) is 35.4 Å². The van der Waals surface area contributed by atoms with E-state index in [1.165, 1.54) is 4.90 Å². The SMILES string of the molecule is O=C1C2C(c3ccccc3)C=CC(c3ccccc3)C2C(=O)N1c1ccc(Br)cc1. The van der Waals surface area contributed by atoms with Crippen molar-refractivity contribution >= 4 is 33.4 Å². The summed E-state index contributed by atoms with van der Waals surface area (Å²) in [5, 5.41) is 0. The standard InChI is InChI=1S/C26H20BrNO2/c27-19-11-13-20(14-12-19)28-25(29)23-21(17-7-3-1-4-8-17)15-16-22(24(23)26(28)30)18-9-5-2-6-10-18/h1-16,21-24H. The summed E-state index contributed by atoms with van der Waals surface area (Å²) in [5.74, 6) is -1.31. The van der Waals surface area contributed by atoms with Crippen LogP contribution in [0.1, 0.15) is 23.0 Å². The molecule has 5 rings (SSSR count). The van der Waals surface area contributed by atoms with Gasteiger partial charge in [-0.15, -0.1) is 0 Å². The van der Waals surface area contributed by atoms with Crippen LogP contribution in [0.3, 0.4) is 0 Å². The summed E-state index contributed by atoms with van der Waals surface area (Å²) >= 11 is 3.43. The molecule has 0 radical (unpaired) electrons. The number of nitrogens with zero attached hydrogens (tertiary/aromatic N) is 1. The molecular formula is C26H20BrNO2. The maximum absolute atomic E-state index is 13.7. The fraction of sp³-hybridized carbons (Fsp3) is 0.154. The second-order valence-electron chi connectivity index (χ2n) is 7.80. The van der Waals surface area contributed by atoms with E-state index in [1.54, 1.807) is 0 Å². The van der Waals surface area contributed by atoms with E-state index in [-0.39, 0.29) is 23.7 Å². The van der Waals surface area contributed by atoms with Gasteiger partial charge in [-0.1, -0.05) is 88.7 Å². The highest BCUT2D eigenvalue weighted by Crippen LogP contribution is 2.50. The topological polar surface area (TPSA) is 37.4 Å². The van der Waals surface area contributed by atoms with Gasteiger partial charge in [-0.25, -0.2) is 4.90 Å². The van der Waals surface area contributed by atoms with E-state index in [1.807, 2.05) is 84.9 Å². The molecule has 1 fully saturated rings. The number of amides is 2. The molecule has 1 heterocycles. The van der Waals surface area contributed by atoms with Crippen molar-refractivity contribution in [2.24, 2.45) is 11.8 Å². The number of hydrogen-bond donors (Lipinski definition) is 0. The van der Waals surface area contributed by atoms with E-state index < -0.39 is 11.8 Å². The summed E-state index contributed by atoms with van der Waals surface area (Å²) in [6, 6.07) is 27.4. The van der Waals surface area contributed by atoms with Gasteiger partial charge >= 0.3 is 0 Å². The first-order valence-electron chi connectivity index (χ1n) is 10.1. The minimum Gasteiger partial charge on any atom is -0.274 e. The highest BCUT2D eigenvalue weighted by Gasteiger charge is 2.55. The monoisotopic (exact) mass is 457 g/mol. The number of hydrogen-bond acceptors (Lipinski definition) is 2. The van der Waals surface area contributed by atoms with E-state index >= 15 is 0 Å². The zero-order chi connectivity index (χ0) is 20.7. The van der Waals surface area contributed by atoms with Crippen LogP contribution in [-0.2, 0) is 9.59 Å². The van der Waals surface area contributed by atoms with Gasteiger partial charge in [0.1, 0.15) is 0 Å². The molecule has 0 spiro atoms. The van der Waals surface area contributed by atoms with Gasteiger partial charge < -0.3 is 0 Å². The Balaban J connectivity index is 1.63. The Morgan fingerprint density at radius 1 is 0.600 bits per heavy atom. The first-order valence-corrected chi connectivity index (χ1v) is 10.9. The Kier molecular flexibility index (Phi) is 4.87.